The number of phosphoric acid groups is 2. The average molecular weight is 1480 g/mol. The highest BCUT2D eigenvalue weighted by molar-refractivity contribution is 7.47. The number of rotatable bonds is 75. The lowest BCUT2D eigenvalue weighted by Crippen LogP contribution is -2.30. The topological polar surface area (TPSA) is 237 Å². The number of unbranched alkanes of at least 4 members (excludes halogenated alkanes) is 31. The molecule has 0 saturated carbocycles. The molecule has 0 aliphatic carbocycles. The van der Waals surface area contributed by atoms with Gasteiger partial charge in [0.25, 0.3) is 0 Å². The Bertz CT molecular complexity index is 2360. The van der Waals surface area contributed by atoms with Crippen LogP contribution in [0.3, 0.4) is 0 Å². The molecule has 0 fully saturated rings. The van der Waals surface area contributed by atoms with Crippen molar-refractivity contribution in [2.75, 3.05) is 39.6 Å². The Hall–Kier alpha value is -4.28. The predicted octanol–water partition coefficient (Wildman–Crippen LogP) is 23.3. The molecule has 0 bridgehead atoms. The Morgan fingerprint density at radius 3 is 0.833 bits per heavy atom. The molecule has 588 valence electrons. The SMILES string of the molecule is CC/C=C\C/C=C\C/C=C\CCCCCCCCCC(=O)OCC(COP(=O)(O)OCC(O)COP(=O)(O)OCC(COC(=O)CCCCCCC/C=C\CCCCCCCC)OC(=O)CCCCCCC/C=C\C/C=C\CCC)OC(=O)CCCCCCCCC/C=C\C/C=C\C/C=C\CC. The lowest BCUT2D eigenvalue weighted by molar-refractivity contribution is -0.161. The first-order valence-corrected chi connectivity index (χ1v) is 43.1. The number of esters is 4. The summed E-state index contributed by atoms with van der Waals surface area (Å²) in [5, 5.41) is 10.6. The Labute approximate surface area is 619 Å². The smallest absolute Gasteiger partial charge is 0.462 e. The van der Waals surface area contributed by atoms with Crippen LogP contribution in [0.4, 0.5) is 0 Å². The molecular formula is C83H144O17P2. The molecule has 0 aliphatic heterocycles. The third-order valence-electron chi connectivity index (χ3n) is 16.7. The molecule has 0 amide bonds. The van der Waals surface area contributed by atoms with E-state index in [1.165, 1.54) is 38.5 Å². The zero-order valence-electron chi connectivity index (χ0n) is 64.3. The van der Waals surface area contributed by atoms with Gasteiger partial charge in [-0.25, -0.2) is 9.13 Å². The molecule has 0 aromatic rings. The van der Waals surface area contributed by atoms with Gasteiger partial charge in [-0.15, -0.1) is 0 Å². The van der Waals surface area contributed by atoms with Crippen molar-refractivity contribution in [3.63, 3.8) is 0 Å². The fourth-order valence-electron chi connectivity index (χ4n) is 10.6. The first-order chi connectivity index (χ1) is 49.7. The summed E-state index contributed by atoms with van der Waals surface area (Å²) < 4.78 is 68.6. The van der Waals surface area contributed by atoms with Gasteiger partial charge in [-0.2, -0.15) is 0 Å². The molecular weight excluding hydrogens is 1330 g/mol. The molecule has 0 rings (SSSR count). The fraction of sp³-hybridized carbons (Fsp3) is 0.735. The number of allylic oxidation sites excluding steroid dienone is 18. The third kappa shape index (κ3) is 74.0. The number of ether oxygens (including phenoxy) is 4. The minimum absolute atomic E-state index is 0.0772. The van der Waals surface area contributed by atoms with E-state index in [-0.39, 0.29) is 25.7 Å². The molecule has 0 aromatic heterocycles. The van der Waals surface area contributed by atoms with Gasteiger partial charge in [0.05, 0.1) is 26.4 Å². The Morgan fingerprint density at radius 1 is 0.284 bits per heavy atom. The Morgan fingerprint density at radius 2 is 0.529 bits per heavy atom. The standard InChI is InChI=1S/C83H144O17P2/c1-5-9-13-17-21-25-29-33-36-38-41-45-48-52-56-60-64-68-81(86)94-74-79(100-83(88)70-66-62-58-54-50-46-42-39-37-34-30-26-22-18-14-10-6-2)76-98-102(91,92)96-72-77(84)71-95-101(89,90)97-75-78(99-82(87)69-65-61-57-53-49-43-32-28-24-20-16-12-8-4)73-93-80(85)67-63-59-55-51-47-44-40-35-31-27-23-19-15-11-7-3/h9-10,13-14,16,20-22,25-26,28,32-37,40,77-79,84H,5-8,11-12,15,17-19,23-24,27,29-31,38-39,41-76H2,1-4H3,(H,89,90)(H,91,92)/b13-9-,14-10-,20-16-,25-21-,26-22-,32-28-,36-33-,37-34-,40-35-. The summed E-state index contributed by atoms with van der Waals surface area (Å²) in [4.78, 5) is 73.0. The van der Waals surface area contributed by atoms with Gasteiger partial charge in [0.15, 0.2) is 12.2 Å². The molecule has 0 aliphatic rings. The first kappa shape index (κ1) is 97.7. The number of carbonyl (C=O) groups excluding carboxylic acids is 4. The number of carbonyl (C=O) groups is 4. The summed E-state index contributed by atoms with van der Waals surface area (Å²) in [6.07, 6.45) is 80.6. The largest absolute Gasteiger partial charge is 0.472 e. The summed E-state index contributed by atoms with van der Waals surface area (Å²) in [5.41, 5.74) is 0. The average Bonchev–Trinajstić information content (AvgIpc) is 0.959. The van der Waals surface area contributed by atoms with E-state index >= 15 is 0 Å². The molecule has 19 heteroatoms. The van der Waals surface area contributed by atoms with Gasteiger partial charge in [0, 0.05) is 25.7 Å². The van der Waals surface area contributed by atoms with Crippen LogP contribution in [0.1, 0.15) is 336 Å². The molecule has 5 unspecified atom stereocenters. The van der Waals surface area contributed by atoms with Gasteiger partial charge < -0.3 is 33.8 Å². The zero-order valence-corrected chi connectivity index (χ0v) is 66.0. The van der Waals surface area contributed by atoms with Gasteiger partial charge in [0.2, 0.25) is 0 Å². The highest BCUT2D eigenvalue weighted by atomic mass is 31.2. The van der Waals surface area contributed by atoms with E-state index < -0.39 is 97.5 Å². The molecule has 3 N–H and O–H groups in total. The van der Waals surface area contributed by atoms with Crippen LogP contribution in [-0.2, 0) is 65.4 Å². The molecule has 0 saturated heterocycles. The van der Waals surface area contributed by atoms with Crippen molar-refractivity contribution in [2.45, 2.75) is 354 Å². The van der Waals surface area contributed by atoms with Crippen LogP contribution >= 0.6 is 15.6 Å². The van der Waals surface area contributed by atoms with Gasteiger partial charge >= 0.3 is 39.5 Å². The van der Waals surface area contributed by atoms with Gasteiger partial charge in [-0.3, -0.25) is 37.3 Å². The van der Waals surface area contributed by atoms with Crippen molar-refractivity contribution in [1.29, 1.82) is 0 Å². The second-order valence-corrected chi connectivity index (χ2v) is 29.5. The number of phosphoric ester groups is 2. The van der Waals surface area contributed by atoms with Crippen LogP contribution in [0.2, 0.25) is 0 Å². The minimum Gasteiger partial charge on any atom is -0.462 e. The molecule has 0 radical (unpaired) electrons. The third-order valence-corrected chi connectivity index (χ3v) is 18.6. The Kier molecular flexibility index (Phi) is 71.8. The minimum atomic E-state index is -4.98. The van der Waals surface area contributed by atoms with Crippen molar-refractivity contribution in [3.05, 3.63) is 109 Å². The monoisotopic (exact) mass is 1470 g/mol. The van der Waals surface area contributed by atoms with E-state index in [0.29, 0.717) is 25.7 Å². The maximum atomic E-state index is 13.1. The number of hydrogen-bond donors (Lipinski definition) is 3. The van der Waals surface area contributed by atoms with E-state index in [2.05, 4.69) is 137 Å². The summed E-state index contributed by atoms with van der Waals surface area (Å²) in [7, 11) is -9.97. The van der Waals surface area contributed by atoms with E-state index in [9.17, 15) is 43.2 Å². The normalized spacial score (nSPS) is 14.5. The lowest BCUT2D eigenvalue weighted by atomic mass is 10.1. The maximum Gasteiger partial charge on any atom is 0.472 e. The summed E-state index contributed by atoms with van der Waals surface area (Å²) in [6.45, 7) is 4.57. The molecule has 0 aromatic carbocycles. The van der Waals surface area contributed by atoms with Crippen LogP contribution in [-0.4, -0.2) is 96.7 Å². The molecule has 5 atom stereocenters. The van der Waals surface area contributed by atoms with Crippen molar-refractivity contribution < 1.29 is 80.2 Å². The van der Waals surface area contributed by atoms with Crippen molar-refractivity contribution in [3.8, 4) is 0 Å². The quantitative estimate of drug-likeness (QED) is 0.0169. The van der Waals surface area contributed by atoms with E-state index in [0.717, 1.165) is 218 Å². The molecule has 0 heterocycles. The molecule has 0 spiro atoms. The van der Waals surface area contributed by atoms with Gasteiger partial charge in [-0.05, 0) is 141 Å². The number of aliphatic hydroxyl groups excluding tert-OH is 1. The highest BCUT2D eigenvalue weighted by Crippen LogP contribution is 2.45. The van der Waals surface area contributed by atoms with Crippen molar-refractivity contribution >= 4 is 39.5 Å². The van der Waals surface area contributed by atoms with E-state index in [4.69, 9.17) is 37.0 Å². The van der Waals surface area contributed by atoms with E-state index in [1.807, 2.05) is 0 Å². The predicted molar refractivity (Wildman–Crippen MR) is 418 cm³/mol. The number of aliphatic hydroxyl groups is 1. The second kappa shape index (κ2) is 75.0. The van der Waals surface area contributed by atoms with Gasteiger partial charge in [-0.1, -0.05) is 278 Å². The number of hydrogen-bond acceptors (Lipinski definition) is 15. The van der Waals surface area contributed by atoms with Crippen LogP contribution in [0.5, 0.6) is 0 Å². The zero-order chi connectivity index (χ0) is 74.6. The van der Waals surface area contributed by atoms with E-state index in [1.54, 1.807) is 0 Å². The van der Waals surface area contributed by atoms with Crippen molar-refractivity contribution in [1.82, 2.24) is 0 Å². The maximum absolute atomic E-state index is 13.1. The highest BCUT2D eigenvalue weighted by Gasteiger charge is 2.30. The second-order valence-electron chi connectivity index (χ2n) is 26.6. The summed E-state index contributed by atoms with van der Waals surface area (Å²) >= 11 is 0. The lowest BCUT2D eigenvalue weighted by Gasteiger charge is -2.21. The van der Waals surface area contributed by atoms with Gasteiger partial charge in [0.1, 0.15) is 19.3 Å². The Balaban J connectivity index is 5.37. The molecule has 17 nitrogen and oxygen atoms in total. The summed E-state index contributed by atoms with van der Waals surface area (Å²) in [6, 6.07) is 0. The van der Waals surface area contributed by atoms with Crippen LogP contribution in [0.25, 0.3) is 0 Å². The van der Waals surface area contributed by atoms with Crippen LogP contribution in [0, 0.1) is 0 Å². The molecule has 102 heavy (non-hydrogen) atoms. The van der Waals surface area contributed by atoms with Crippen LogP contribution < -0.4 is 0 Å². The first-order valence-electron chi connectivity index (χ1n) is 40.1. The fourth-order valence-corrected chi connectivity index (χ4v) is 12.2. The van der Waals surface area contributed by atoms with Crippen molar-refractivity contribution in [2.24, 2.45) is 0 Å². The summed E-state index contributed by atoms with van der Waals surface area (Å²) in [5.74, 6) is -2.21. The van der Waals surface area contributed by atoms with Crippen LogP contribution in [0.15, 0.2) is 109 Å².